The molecule has 7 heteroatoms. The van der Waals surface area contributed by atoms with Gasteiger partial charge in [-0.15, -0.1) is 0 Å². The molecule has 2 saturated heterocycles. The number of hydrogen-bond donors (Lipinski definition) is 1. The van der Waals surface area contributed by atoms with Crippen LogP contribution in [0.1, 0.15) is 44.3 Å². The molecule has 0 unspecified atom stereocenters. The predicted octanol–water partition coefficient (Wildman–Crippen LogP) is 2.28. The summed E-state index contributed by atoms with van der Waals surface area (Å²) in [5.41, 5.74) is 0. The van der Waals surface area contributed by atoms with Gasteiger partial charge in [0.15, 0.2) is 5.96 Å². The monoisotopic (exact) mass is 402 g/mol. The Morgan fingerprint density at radius 2 is 1.83 bits per heavy atom. The lowest BCUT2D eigenvalue weighted by molar-refractivity contribution is -0.140. The van der Waals surface area contributed by atoms with E-state index in [1.54, 1.807) is 6.26 Å². The molecule has 1 saturated carbocycles. The summed E-state index contributed by atoms with van der Waals surface area (Å²) in [4.78, 5) is 22.0. The number of nitrogens with zero attached hydrogens (tertiary/aromatic N) is 3. The number of amides is 1. The minimum Gasteiger partial charge on any atom is -0.469 e. The van der Waals surface area contributed by atoms with Crippen LogP contribution in [0.5, 0.6) is 0 Å². The van der Waals surface area contributed by atoms with E-state index in [0.29, 0.717) is 25.2 Å². The van der Waals surface area contributed by atoms with Crippen molar-refractivity contribution in [2.45, 2.75) is 51.0 Å². The zero-order valence-electron chi connectivity index (χ0n) is 17.4. The Bertz CT molecular complexity index is 656. The molecule has 1 N–H and O–H groups in total. The first-order valence-electron chi connectivity index (χ1n) is 11.2. The van der Waals surface area contributed by atoms with Crippen LogP contribution in [-0.2, 0) is 16.0 Å². The molecule has 0 radical (unpaired) electrons. The average molecular weight is 403 g/mol. The summed E-state index contributed by atoms with van der Waals surface area (Å²) in [6.45, 7) is 5.31. The molecule has 2 aliphatic heterocycles. The molecule has 3 aliphatic rings. The van der Waals surface area contributed by atoms with Crippen LogP contribution >= 0.6 is 0 Å². The summed E-state index contributed by atoms with van der Waals surface area (Å²) in [6.07, 6.45) is 9.38. The van der Waals surface area contributed by atoms with E-state index in [9.17, 15) is 4.79 Å². The molecule has 1 amide bonds. The fourth-order valence-electron chi connectivity index (χ4n) is 4.60. The van der Waals surface area contributed by atoms with E-state index in [1.165, 1.54) is 25.7 Å². The maximum Gasteiger partial charge on any atom is 0.225 e. The van der Waals surface area contributed by atoms with Gasteiger partial charge in [0, 0.05) is 51.1 Å². The van der Waals surface area contributed by atoms with Gasteiger partial charge in [-0.2, -0.15) is 0 Å². The van der Waals surface area contributed by atoms with E-state index >= 15 is 0 Å². The maximum atomic E-state index is 12.8. The number of morpholine rings is 1. The van der Waals surface area contributed by atoms with Crippen molar-refractivity contribution in [3.05, 3.63) is 24.2 Å². The molecule has 7 nitrogen and oxygen atoms in total. The van der Waals surface area contributed by atoms with E-state index in [2.05, 4.69) is 10.2 Å². The highest BCUT2D eigenvalue weighted by Crippen LogP contribution is 2.22. The lowest BCUT2D eigenvalue weighted by Crippen LogP contribution is -2.51. The molecule has 0 aromatic carbocycles. The summed E-state index contributed by atoms with van der Waals surface area (Å²) < 4.78 is 10.8. The third-order valence-electron chi connectivity index (χ3n) is 6.35. The van der Waals surface area contributed by atoms with Crippen molar-refractivity contribution in [2.75, 3.05) is 45.9 Å². The zero-order valence-corrected chi connectivity index (χ0v) is 17.4. The number of guanidine groups is 1. The van der Waals surface area contributed by atoms with Gasteiger partial charge in [-0.3, -0.25) is 9.79 Å². The first-order valence-corrected chi connectivity index (χ1v) is 11.2. The Balaban J connectivity index is 1.32. The lowest BCUT2D eigenvalue weighted by atomic mass is 9.95. The number of carbonyl (C=O) groups excluding carboxylic acids is 1. The maximum absolute atomic E-state index is 12.8. The number of carbonyl (C=O) groups is 1. The van der Waals surface area contributed by atoms with Crippen LogP contribution in [0.4, 0.5) is 0 Å². The Kier molecular flexibility index (Phi) is 7.09. The molecule has 1 aromatic heterocycles. The fraction of sp³-hybridized carbons (Fsp3) is 0.727. The summed E-state index contributed by atoms with van der Waals surface area (Å²) in [6, 6.07) is 4.46. The van der Waals surface area contributed by atoms with Crippen LogP contribution in [0.3, 0.4) is 0 Å². The molecule has 1 aromatic rings. The highest BCUT2D eigenvalue weighted by molar-refractivity contribution is 5.82. The normalized spacial score (nSPS) is 22.3. The second-order valence-electron chi connectivity index (χ2n) is 8.36. The third kappa shape index (κ3) is 5.53. The molecular formula is C22H34N4O3. The topological polar surface area (TPSA) is 70.3 Å². The van der Waals surface area contributed by atoms with Crippen LogP contribution in [0.2, 0.25) is 0 Å². The summed E-state index contributed by atoms with van der Waals surface area (Å²) in [5, 5.41) is 3.71. The molecule has 3 fully saturated rings. The van der Waals surface area contributed by atoms with Gasteiger partial charge in [-0.1, -0.05) is 12.8 Å². The van der Waals surface area contributed by atoms with E-state index < -0.39 is 0 Å². The molecule has 3 heterocycles. The number of furan rings is 1. The Hall–Kier alpha value is -2.02. The molecule has 4 rings (SSSR count). The number of rotatable bonds is 5. The Morgan fingerprint density at radius 1 is 1.07 bits per heavy atom. The van der Waals surface area contributed by atoms with Crippen molar-refractivity contribution in [1.82, 2.24) is 15.1 Å². The summed E-state index contributed by atoms with van der Waals surface area (Å²) >= 11 is 0. The van der Waals surface area contributed by atoms with Crippen LogP contribution < -0.4 is 5.32 Å². The van der Waals surface area contributed by atoms with Gasteiger partial charge in [0.25, 0.3) is 0 Å². The first-order chi connectivity index (χ1) is 14.3. The van der Waals surface area contributed by atoms with Gasteiger partial charge < -0.3 is 24.3 Å². The minimum atomic E-state index is 0.139. The van der Waals surface area contributed by atoms with E-state index in [4.69, 9.17) is 14.1 Å². The minimum absolute atomic E-state index is 0.139. The third-order valence-corrected chi connectivity index (χ3v) is 6.35. The van der Waals surface area contributed by atoms with E-state index in [1.807, 2.05) is 17.0 Å². The van der Waals surface area contributed by atoms with Gasteiger partial charge in [0.1, 0.15) is 5.76 Å². The van der Waals surface area contributed by atoms with Crippen LogP contribution in [0, 0.1) is 5.92 Å². The lowest BCUT2D eigenvalue weighted by Gasteiger charge is -2.37. The quantitative estimate of drug-likeness (QED) is 0.604. The molecular weight excluding hydrogens is 368 g/mol. The van der Waals surface area contributed by atoms with Gasteiger partial charge >= 0.3 is 0 Å². The summed E-state index contributed by atoms with van der Waals surface area (Å²) in [7, 11) is 0. The molecule has 0 atom stereocenters. The molecule has 160 valence electrons. The van der Waals surface area contributed by atoms with Crippen LogP contribution in [-0.4, -0.2) is 73.6 Å². The zero-order chi connectivity index (χ0) is 19.9. The van der Waals surface area contributed by atoms with Crippen LogP contribution in [0.15, 0.2) is 27.8 Å². The Morgan fingerprint density at radius 3 is 2.52 bits per heavy atom. The van der Waals surface area contributed by atoms with Gasteiger partial charge in [0.05, 0.1) is 19.5 Å². The van der Waals surface area contributed by atoms with Crippen molar-refractivity contribution < 1.29 is 13.9 Å². The van der Waals surface area contributed by atoms with E-state index in [0.717, 1.165) is 63.7 Å². The van der Waals surface area contributed by atoms with Gasteiger partial charge in [0.2, 0.25) is 5.91 Å². The first kappa shape index (κ1) is 20.3. The Labute approximate surface area is 173 Å². The number of aliphatic imine (C=N–C) groups is 1. The van der Waals surface area contributed by atoms with Crippen molar-refractivity contribution in [2.24, 2.45) is 10.9 Å². The van der Waals surface area contributed by atoms with Gasteiger partial charge in [-0.25, -0.2) is 0 Å². The number of hydrogen-bond acceptors (Lipinski definition) is 4. The second kappa shape index (κ2) is 10.1. The molecule has 0 spiro atoms. The number of piperidine rings is 1. The molecule has 0 bridgehead atoms. The summed E-state index contributed by atoms with van der Waals surface area (Å²) in [5.74, 6) is 2.44. The highest BCUT2D eigenvalue weighted by Gasteiger charge is 2.31. The van der Waals surface area contributed by atoms with Gasteiger partial charge in [-0.05, 0) is 37.8 Å². The van der Waals surface area contributed by atoms with Crippen molar-refractivity contribution in [1.29, 1.82) is 0 Å². The number of ether oxygens (including phenoxy) is 1. The molecule has 29 heavy (non-hydrogen) atoms. The van der Waals surface area contributed by atoms with Crippen LogP contribution in [0.25, 0.3) is 0 Å². The second-order valence-corrected chi connectivity index (χ2v) is 8.36. The SMILES string of the molecule is O=C(C1CCN(C(=NCCc2ccco2)NC2CCCC2)CC1)N1CCOCC1. The van der Waals surface area contributed by atoms with Crippen molar-refractivity contribution in [3.8, 4) is 0 Å². The van der Waals surface area contributed by atoms with Crippen molar-refractivity contribution in [3.63, 3.8) is 0 Å². The van der Waals surface area contributed by atoms with E-state index in [-0.39, 0.29) is 5.92 Å². The predicted molar refractivity (Wildman–Crippen MR) is 112 cm³/mol. The number of nitrogens with one attached hydrogen (secondary N) is 1. The number of likely N-dealkylation sites (tertiary alicyclic amines) is 1. The standard InChI is InChI=1S/C22H34N4O3/c27-21(25-13-16-28-17-14-25)18-8-11-26(12-9-18)22(24-19-4-1-2-5-19)23-10-7-20-6-3-15-29-20/h3,6,15,18-19H,1-2,4-5,7-14,16-17H2,(H,23,24). The highest BCUT2D eigenvalue weighted by atomic mass is 16.5. The van der Waals surface area contributed by atoms with Crippen molar-refractivity contribution >= 4 is 11.9 Å². The fourth-order valence-corrected chi connectivity index (χ4v) is 4.60. The largest absolute Gasteiger partial charge is 0.469 e. The smallest absolute Gasteiger partial charge is 0.225 e. The molecule has 1 aliphatic carbocycles. The average Bonchev–Trinajstić information content (AvgIpc) is 3.48.